The number of esters is 1. The Morgan fingerprint density at radius 2 is 1.81 bits per heavy atom. The molecule has 0 aromatic heterocycles. The van der Waals surface area contributed by atoms with E-state index in [1.54, 1.807) is 31.2 Å². The van der Waals surface area contributed by atoms with Gasteiger partial charge in [0.15, 0.2) is 0 Å². The molecule has 2 fully saturated rings. The first-order chi connectivity index (χ1) is 15.5. The Morgan fingerprint density at radius 1 is 1.06 bits per heavy atom. The first kappa shape index (κ1) is 22.2. The maximum Gasteiger partial charge on any atom is 0.340 e. The molecule has 32 heavy (non-hydrogen) atoms. The Labute approximate surface area is 189 Å². The number of hydrogen-bond donors (Lipinski definition) is 0. The second-order valence-corrected chi connectivity index (χ2v) is 8.83. The van der Waals surface area contributed by atoms with Gasteiger partial charge in [-0.2, -0.15) is 0 Å². The van der Waals surface area contributed by atoms with Crippen LogP contribution in [0.25, 0.3) is 0 Å². The van der Waals surface area contributed by atoms with Crippen molar-refractivity contribution >= 4 is 23.5 Å². The van der Waals surface area contributed by atoms with E-state index in [4.69, 9.17) is 4.74 Å². The topological polar surface area (TPSA) is 66.9 Å². The smallest absolute Gasteiger partial charge is 0.340 e. The average Bonchev–Trinajstić information content (AvgIpc) is 3.08. The Balaban J connectivity index is 1.34. The quantitative estimate of drug-likeness (QED) is 0.491. The minimum absolute atomic E-state index is 0.170. The summed E-state index contributed by atoms with van der Waals surface area (Å²) in [5.74, 6) is -1.11. The summed E-state index contributed by atoms with van der Waals surface area (Å²) in [5, 5.41) is 0. The van der Waals surface area contributed by atoms with E-state index in [0.29, 0.717) is 12.3 Å². The number of carbonyl (C=O) groups excluding carboxylic acids is 3. The van der Waals surface area contributed by atoms with E-state index < -0.39 is 5.97 Å². The highest BCUT2D eigenvalue weighted by Gasteiger charge is 2.38. The molecule has 0 aliphatic carbocycles. The van der Waals surface area contributed by atoms with Gasteiger partial charge >= 0.3 is 5.97 Å². The van der Waals surface area contributed by atoms with Gasteiger partial charge in [-0.05, 0) is 43.5 Å². The molecule has 2 amide bonds. The first-order valence-corrected chi connectivity index (χ1v) is 11.4. The van der Waals surface area contributed by atoms with Gasteiger partial charge in [0.1, 0.15) is 0 Å². The number of rotatable bonds is 7. The molecular formula is C26H30N2O4. The van der Waals surface area contributed by atoms with E-state index in [1.165, 1.54) is 5.56 Å². The molecule has 2 aromatic carbocycles. The largest absolute Gasteiger partial charge is 0.462 e. The third-order valence-corrected chi connectivity index (χ3v) is 6.35. The number of hydrogen-bond acceptors (Lipinski definition) is 5. The van der Waals surface area contributed by atoms with Crippen molar-refractivity contribution in [1.82, 2.24) is 4.90 Å². The summed E-state index contributed by atoms with van der Waals surface area (Å²) in [6.07, 6.45) is 3.29. The van der Waals surface area contributed by atoms with Crippen LogP contribution in [0.4, 0.5) is 5.69 Å². The predicted octanol–water partition coefficient (Wildman–Crippen LogP) is 3.70. The maximum atomic E-state index is 12.9. The fourth-order valence-corrected chi connectivity index (χ4v) is 4.57. The number of para-hydroxylation sites is 1. The fourth-order valence-electron chi connectivity index (χ4n) is 4.57. The summed E-state index contributed by atoms with van der Waals surface area (Å²) in [6.45, 7) is 5.04. The molecular weight excluding hydrogens is 404 g/mol. The lowest BCUT2D eigenvalue weighted by atomic mass is 9.98. The number of imide groups is 1. The minimum atomic E-state index is -0.484. The molecule has 0 saturated carbocycles. The monoisotopic (exact) mass is 434 g/mol. The number of anilines is 1. The summed E-state index contributed by atoms with van der Waals surface area (Å²) in [5.41, 5.74) is 1.92. The van der Waals surface area contributed by atoms with Crippen LogP contribution in [-0.4, -0.2) is 48.9 Å². The van der Waals surface area contributed by atoms with Crippen molar-refractivity contribution in [2.45, 2.75) is 32.6 Å². The van der Waals surface area contributed by atoms with E-state index in [1.807, 2.05) is 6.07 Å². The number of piperidine rings is 1. The normalized spacial score (nSPS) is 21.7. The van der Waals surface area contributed by atoms with E-state index in [0.717, 1.165) is 43.8 Å². The number of amides is 2. The number of nitrogens with zero attached hydrogens (tertiary/aromatic N) is 2. The van der Waals surface area contributed by atoms with Gasteiger partial charge < -0.3 is 9.64 Å². The molecule has 2 atom stereocenters. The number of carbonyl (C=O) groups is 3. The zero-order chi connectivity index (χ0) is 22.5. The highest BCUT2D eigenvalue weighted by Crippen LogP contribution is 2.29. The van der Waals surface area contributed by atoms with Crippen molar-refractivity contribution in [3.63, 3.8) is 0 Å². The summed E-state index contributed by atoms with van der Waals surface area (Å²) < 4.78 is 5.66. The van der Waals surface area contributed by atoms with E-state index in [9.17, 15) is 14.4 Å². The molecule has 4 rings (SSSR count). The standard InChI is InChI=1S/C26H30N2O4/c1-19-16-24(29)28(25(19)30)23-12-6-5-11-22(23)26(31)32-18-21-10-7-14-27(17-21)15-13-20-8-3-2-4-9-20/h2-6,8-9,11-12,19,21H,7,10,13-18H2,1H3. The van der Waals surface area contributed by atoms with E-state index >= 15 is 0 Å². The van der Waals surface area contributed by atoms with Crippen LogP contribution in [0.3, 0.4) is 0 Å². The Bertz CT molecular complexity index is 975. The van der Waals surface area contributed by atoms with Crippen LogP contribution in [0, 0.1) is 11.8 Å². The van der Waals surface area contributed by atoms with Crippen LogP contribution < -0.4 is 4.90 Å². The van der Waals surface area contributed by atoms with Gasteiger partial charge in [-0.1, -0.05) is 49.4 Å². The van der Waals surface area contributed by atoms with Crippen molar-refractivity contribution in [2.75, 3.05) is 31.1 Å². The van der Waals surface area contributed by atoms with Gasteiger partial charge in [-0.25, -0.2) is 9.69 Å². The van der Waals surface area contributed by atoms with Gasteiger partial charge in [-0.15, -0.1) is 0 Å². The van der Waals surface area contributed by atoms with Crippen LogP contribution in [-0.2, 0) is 20.7 Å². The lowest BCUT2D eigenvalue weighted by Gasteiger charge is -2.32. The first-order valence-electron chi connectivity index (χ1n) is 11.4. The van der Waals surface area contributed by atoms with Crippen molar-refractivity contribution in [2.24, 2.45) is 11.8 Å². The molecule has 2 aromatic rings. The molecule has 6 heteroatoms. The molecule has 2 saturated heterocycles. The van der Waals surface area contributed by atoms with Crippen molar-refractivity contribution in [3.05, 3.63) is 65.7 Å². The van der Waals surface area contributed by atoms with Crippen LogP contribution >= 0.6 is 0 Å². The molecule has 0 N–H and O–H groups in total. The summed E-state index contributed by atoms with van der Waals surface area (Å²) >= 11 is 0. The van der Waals surface area contributed by atoms with Gasteiger partial charge in [0.2, 0.25) is 11.8 Å². The molecule has 2 aliphatic rings. The van der Waals surface area contributed by atoms with Gasteiger partial charge in [-0.3, -0.25) is 9.59 Å². The highest BCUT2D eigenvalue weighted by molar-refractivity contribution is 6.22. The van der Waals surface area contributed by atoms with Crippen LogP contribution in [0.1, 0.15) is 42.1 Å². The lowest BCUT2D eigenvalue weighted by Crippen LogP contribution is -2.38. The molecule has 2 aliphatic heterocycles. The van der Waals surface area contributed by atoms with Crippen molar-refractivity contribution < 1.29 is 19.1 Å². The molecule has 0 bridgehead atoms. The predicted molar refractivity (Wildman–Crippen MR) is 122 cm³/mol. The zero-order valence-corrected chi connectivity index (χ0v) is 18.5. The molecule has 0 spiro atoms. The van der Waals surface area contributed by atoms with Gasteiger partial charge in [0, 0.05) is 31.3 Å². The second-order valence-electron chi connectivity index (χ2n) is 8.83. The minimum Gasteiger partial charge on any atom is -0.462 e. The number of benzene rings is 2. The third-order valence-electron chi connectivity index (χ3n) is 6.35. The maximum absolute atomic E-state index is 12.9. The van der Waals surface area contributed by atoms with E-state index in [2.05, 4.69) is 29.2 Å². The van der Waals surface area contributed by atoms with Crippen LogP contribution in [0.2, 0.25) is 0 Å². The highest BCUT2D eigenvalue weighted by atomic mass is 16.5. The average molecular weight is 435 g/mol. The molecule has 6 nitrogen and oxygen atoms in total. The van der Waals surface area contributed by atoms with Crippen LogP contribution in [0.15, 0.2) is 54.6 Å². The molecule has 168 valence electrons. The fraction of sp³-hybridized carbons (Fsp3) is 0.423. The molecule has 2 heterocycles. The summed E-state index contributed by atoms with van der Waals surface area (Å²) in [7, 11) is 0. The van der Waals surface area contributed by atoms with Crippen molar-refractivity contribution in [3.8, 4) is 0 Å². The SMILES string of the molecule is CC1CC(=O)N(c2ccccc2C(=O)OCC2CCCN(CCc3ccccc3)C2)C1=O. The zero-order valence-electron chi connectivity index (χ0n) is 18.5. The third kappa shape index (κ3) is 5.07. The Hall–Kier alpha value is -2.99. The number of likely N-dealkylation sites (tertiary alicyclic amines) is 1. The lowest BCUT2D eigenvalue weighted by molar-refractivity contribution is -0.122. The Kier molecular flexibility index (Phi) is 7.00. The molecule has 2 unspecified atom stereocenters. The summed E-state index contributed by atoms with van der Waals surface area (Å²) in [6, 6.07) is 17.2. The van der Waals surface area contributed by atoms with E-state index in [-0.39, 0.29) is 35.6 Å². The Morgan fingerprint density at radius 3 is 2.56 bits per heavy atom. The number of ether oxygens (including phenoxy) is 1. The van der Waals surface area contributed by atoms with Crippen molar-refractivity contribution in [1.29, 1.82) is 0 Å². The van der Waals surface area contributed by atoms with Gasteiger partial charge in [0.25, 0.3) is 0 Å². The van der Waals surface area contributed by atoms with Crippen LogP contribution in [0.5, 0.6) is 0 Å². The second kappa shape index (κ2) is 10.1. The summed E-state index contributed by atoms with van der Waals surface area (Å²) in [4.78, 5) is 41.2. The van der Waals surface area contributed by atoms with Gasteiger partial charge in [0.05, 0.1) is 17.9 Å². The molecule has 0 radical (unpaired) electrons.